The largest absolute Gasteiger partial charge is 0.314 e. The SMILES string of the molecule is O=c1[nH]c(C(F)F)c([N+](=O)[O-])cc1I. The Bertz CT molecular complexity index is 432. The maximum Gasteiger partial charge on any atom is 0.295 e. The van der Waals surface area contributed by atoms with Crippen molar-refractivity contribution in [1.29, 1.82) is 0 Å². The minimum Gasteiger partial charge on any atom is -0.314 e. The van der Waals surface area contributed by atoms with E-state index in [4.69, 9.17) is 0 Å². The van der Waals surface area contributed by atoms with Gasteiger partial charge in [-0.1, -0.05) is 0 Å². The van der Waals surface area contributed by atoms with Gasteiger partial charge in [0.05, 0.1) is 8.49 Å². The fraction of sp³-hybridized carbons (Fsp3) is 0.167. The average molecular weight is 316 g/mol. The summed E-state index contributed by atoms with van der Waals surface area (Å²) < 4.78 is 24.4. The number of halogens is 3. The highest BCUT2D eigenvalue weighted by atomic mass is 127. The number of nitro groups is 1. The minimum atomic E-state index is -3.07. The molecule has 1 N–H and O–H groups in total. The monoisotopic (exact) mass is 316 g/mol. The van der Waals surface area contributed by atoms with Crippen molar-refractivity contribution in [2.45, 2.75) is 6.43 Å². The van der Waals surface area contributed by atoms with Gasteiger partial charge in [-0.15, -0.1) is 0 Å². The Morgan fingerprint density at radius 3 is 2.57 bits per heavy atom. The quantitative estimate of drug-likeness (QED) is 0.514. The molecule has 0 saturated heterocycles. The highest BCUT2D eigenvalue weighted by Crippen LogP contribution is 2.26. The first-order valence-corrected chi connectivity index (χ1v) is 4.36. The molecule has 76 valence electrons. The van der Waals surface area contributed by atoms with E-state index < -0.39 is 28.3 Å². The van der Waals surface area contributed by atoms with E-state index >= 15 is 0 Å². The molecule has 0 atom stereocenters. The van der Waals surface area contributed by atoms with Crippen LogP contribution in [0.5, 0.6) is 0 Å². The van der Waals surface area contributed by atoms with Gasteiger partial charge in [-0.25, -0.2) is 8.78 Å². The molecule has 1 heterocycles. The summed E-state index contributed by atoms with van der Waals surface area (Å²) in [5.41, 5.74) is -2.49. The van der Waals surface area contributed by atoms with E-state index in [2.05, 4.69) is 0 Å². The van der Waals surface area contributed by atoms with Gasteiger partial charge in [0.1, 0.15) is 0 Å². The van der Waals surface area contributed by atoms with Crippen LogP contribution in [0.2, 0.25) is 0 Å². The van der Waals surface area contributed by atoms with Gasteiger partial charge in [-0.3, -0.25) is 14.9 Å². The normalized spacial score (nSPS) is 10.6. The number of nitrogens with zero attached hydrogens (tertiary/aromatic N) is 1. The zero-order valence-corrected chi connectivity index (χ0v) is 8.62. The number of hydrogen-bond donors (Lipinski definition) is 1. The molecule has 0 aliphatic carbocycles. The zero-order chi connectivity index (χ0) is 10.9. The maximum absolute atomic E-state index is 12.2. The predicted octanol–water partition coefficient (Wildman–Crippen LogP) is 1.83. The summed E-state index contributed by atoms with van der Waals surface area (Å²) in [6, 6.07) is 0.820. The second kappa shape index (κ2) is 3.98. The summed E-state index contributed by atoms with van der Waals surface area (Å²) >= 11 is 1.53. The molecule has 1 aromatic heterocycles. The minimum absolute atomic E-state index is 0.00120. The van der Waals surface area contributed by atoms with Gasteiger partial charge in [-0.2, -0.15) is 0 Å². The van der Waals surface area contributed by atoms with Crippen molar-refractivity contribution in [2.75, 3.05) is 0 Å². The van der Waals surface area contributed by atoms with Crippen molar-refractivity contribution in [3.8, 4) is 0 Å². The van der Waals surface area contributed by atoms with Crippen LogP contribution in [0, 0.1) is 13.7 Å². The molecule has 0 saturated carbocycles. The summed E-state index contributed by atoms with van der Waals surface area (Å²) in [6.45, 7) is 0. The third-order valence-corrected chi connectivity index (χ3v) is 2.22. The first-order chi connectivity index (χ1) is 6.43. The molecule has 1 aromatic rings. The Kier molecular flexibility index (Phi) is 3.13. The van der Waals surface area contributed by atoms with Crippen molar-refractivity contribution in [3.05, 3.63) is 35.8 Å². The van der Waals surface area contributed by atoms with Crippen LogP contribution in [-0.2, 0) is 0 Å². The van der Waals surface area contributed by atoms with Gasteiger partial charge in [0.15, 0.2) is 5.69 Å². The van der Waals surface area contributed by atoms with E-state index in [1.54, 1.807) is 4.98 Å². The summed E-state index contributed by atoms with van der Waals surface area (Å²) in [5.74, 6) is 0. The third kappa shape index (κ3) is 2.05. The first-order valence-electron chi connectivity index (χ1n) is 3.28. The fourth-order valence-electron chi connectivity index (χ4n) is 0.827. The van der Waals surface area contributed by atoms with Crippen molar-refractivity contribution in [1.82, 2.24) is 4.98 Å². The van der Waals surface area contributed by atoms with Gasteiger partial charge >= 0.3 is 0 Å². The number of H-pyrrole nitrogens is 1. The average Bonchev–Trinajstić information content (AvgIpc) is 2.08. The van der Waals surface area contributed by atoms with Crippen LogP contribution in [0.15, 0.2) is 10.9 Å². The summed E-state index contributed by atoms with van der Waals surface area (Å²) in [4.78, 5) is 22.0. The van der Waals surface area contributed by atoms with E-state index in [1.165, 1.54) is 22.6 Å². The van der Waals surface area contributed by atoms with Gasteiger partial charge in [0, 0.05) is 6.07 Å². The molecule has 0 amide bonds. The van der Waals surface area contributed by atoms with Crippen molar-refractivity contribution < 1.29 is 13.7 Å². The third-order valence-electron chi connectivity index (χ3n) is 1.42. The molecule has 0 radical (unpaired) electrons. The molecule has 5 nitrogen and oxygen atoms in total. The van der Waals surface area contributed by atoms with Crippen molar-refractivity contribution >= 4 is 28.3 Å². The van der Waals surface area contributed by atoms with Crippen LogP contribution in [0.4, 0.5) is 14.5 Å². The molecule has 0 aliphatic rings. The molecular weight excluding hydrogens is 313 g/mol. The Labute approximate surface area is 89.4 Å². The number of alkyl halides is 2. The van der Waals surface area contributed by atoms with Gasteiger partial charge in [-0.05, 0) is 22.6 Å². The molecular formula is C6H3F2IN2O3. The topological polar surface area (TPSA) is 76.0 Å². The standard InChI is InChI=1S/C6H3F2IN2O3/c7-5(8)4-3(11(13)14)1-2(9)6(12)10-4/h1,5H,(H,10,12). The highest BCUT2D eigenvalue weighted by Gasteiger charge is 2.23. The maximum atomic E-state index is 12.2. The molecule has 0 aromatic carbocycles. The van der Waals surface area contributed by atoms with E-state index in [1.807, 2.05) is 0 Å². The predicted molar refractivity (Wildman–Crippen MR) is 51.4 cm³/mol. The Morgan fingerprint density at radius 1 is 1.57 bits per heavy atom. The molecule has 0 aliphatic heterocycles. The van der Waals surface area contributed by atoms with Crippen LogP contribution < -0.4 is 5.56 Å². The van der Waals surface area contributed by atoms with Crippen LogP contribution in [-0.4, -0.2) is 9.91 Å². The zero-order valence-electron chi connectivity index (χ0n) is 6.46. The molecule has 0 bridgehead atoms. The number of aromatic amines is 1. The van der Waals surface area contributed by atoms with E-state index in [0.717, 1.165) is 6.07 Å². The first kappa shape index (κ1) is 11.0. The molecule has 0 unspecified atom stereocenters. The van der Waals surface area contributed by atoms with Crippen LogP contribution >= 0.6 is 22.6 Å². The summed E-state index contributed by atoms with van der Waals surface area (Å²) in [7, 11) is 0. The lowest BCUT2D eigenvalue weighted by Crippen LogP contribution is -2.14. The Hall–Kier alpha value is -1.06. The van der Waals surface area contributed by atoms with Gasteiger partial charge < -0.3 is 4.98 Å². The van der Waals surface area contributed by atoms with Gasteiger partial charge in [0.2, 0.25) is 0 Å². The fourth-order valence-corrected chi connectivity index (χ4v) is 1.26. The summed E-state index contributed by atoms with van der Waals surface area (Å²) in [6.07, 6.45) is -3.07. The number of hydrogen-bond acceptors (Lipinski definition) is 3. The van der Waals surface area contributed by atoms with Crippen molar-refractivity contribution in [3.63, 3.8) is 0 Å². The molecule has 14 heavy (non-hydrogen) atoms. The van der Waals surface area contributed by atoms with Crippen LogP contribution in [0.1, 0.15) is 12.1 Å². The van der Waals surface area contributed by atoms with E-state index in [9.17, 15) is 23.7 Å². The van der Waals surface area contributed by atoms with Crippen LogP contribution in [0.25, 0.3) is 0 Å². The smallest absolute Gasteiger partial charge is 0.295 e. The molecule has 8 heteroatoms. The highest BCUT2D eigenvalue weighted by molar-refractivity contribution is 14.1. The lowest BCUT2D eigenvalue weighted by molar-refractivity contribution is -0.386. The second-order valence-electron chi connectivity index (χ2n) is 2.30. The Morgan fingerprint density at radius 2 is 2.14 bits per heavy atom. The molecule has 0 spiro atoms. The lowest BCUT2D eigenvalue weighted by Gasteiger charge is -2.01. The second-order valence-corrected chi connectivity index (χ2v) is 3.47. The van der Waals surface area contributed by atoms with E-state index in [-0.39, 0.29) is 3.57 Å². The molecule has 0 fully saturated rings. The number of pyridine rings is 1. The number of aromatic nitrogens is 1. The van der Waals surface area contributed by atoms with Crippen LogP contribution in [0.3, 0.4) is 0 Å². The summed E-state index contributed by atoms with van der Waals surface area (Å²) in [5, 5.41) is 10.3. The van der Waals surface area contributed by atoms with Gasteiger partial charge in [0.25, 0.3) is 17.7 Å². The molecule has 1 rings (SSSR count). The number of rotatable bonds is 2. The Balaban J connectivity index is 3.47. The van der Waals surface area contributed by atoms with Crippen molar-refractivity contribution in [2.24, 2.45) is 0 Å². The van der Waals surface area contributed by atoms with E-state index in [0.29, 0.717) is 0 Å². The number of nitrogens with one attached hydrogen (secondary N) is 1. The lowest BCUT2D eigenvalue weighted by atomic mass is 10.3.